The van der Waals surface area contributed by atoms with Crippen LogP contribution < -0.4 is 15.4 Å². The number of halogens is 1. The number of carbonyl (C=O) groups excluding carboxylic acids is 1. The molecule has 2 N–H and O–H groups in total. The second-order valence-corrected chi connectivity index (χ2v) is 5.41. The average molecular weight is 313 g/mol. The Hall–Kier alpha value is -1.26. The first-order chi connectivity index (χ1) is 9.75. The number of rotatable bonds is 6. The number of piperidine rings is 1. The molecule has 2 atom stereocenters. The van der Waals surface area contributed by atoms with Crippen LogP contribution in [-0.4, -0.2) is 31.6 Å². The number of ether oxygens (including phenoxy) is 1. The molecule has 1 saturated heterocycles. The smallest absolute Gasteiger partial charge is 0.220 e. The van der Waals surface area contributed by atoms with Crippen molar-refractivity contribution in [1.82, 2.24) is 10.6 Å². The topological polar surface area (TPSA) is 50.4 Å². The van der Waals surface area contributed by atoms with Crippen LogP contribution in [0.15, 0.2) is 30.3 Å². The molecule has 1 amide bonds. The quantitative estimate of drug-likeness (QED) is 0.793. The largest absolute Gasteiger partial charge is 0.494 e. The van der Waals surface area contributed by atoms with Crippen LogP contribution in [0.3, 0.4) is 0 Å². The van der Waals surface area contributed by atoms with Crippen LogP contribution in [0.25, 0.3) is 0 Å². The van der Waals surface area contributed by atoms with Gasteiger partial charge < -0.3 is 15.4 Å². The van der Waals surface area contributed by atoms with Gasteiger partial charge >= 0.3 is 0 Å². The number of amides is 1. The third kappa shape index (κ3) is 6.36. The summed E-state index contributed by atoms with van der Waals surface area (Å²) in [5.74, 6) is 1.54. The van der Waals surface area contributed by atoms with Crippen molar-refractivity contribution in [2.75, 3.05) is 19.7 Å². The number of hydrogen-bond acceptors (Lipinski definition) is 3. The normalized spacial score (nSPS) is 21.2. The third-order valence-corrected chi connectivity index (χ3v) is 3.73. The van der Waals surface area contributed by atoms with Gasteiger partial charge in [-0.2, -0.15) is 0 Å². The first-order valence-electron chi connectivity index (χ1n) is 7.43. The lowest BCUT2D eigenvalue weighted by Gasteiger charge is -2.30. The van der Waals surface area contributed by atoms with E-state index in [4.69, 9.17) is 4.74 Å². The summed E-state index contributed by atoms with van der Waals surface area (Å²) >= 11 is 0. The Balaban J connectivity index is 0.00000220. The third-order valence-electron chi connectivity index (χ3n) is 3.73. The van der Waals surface area contributed by atoms with Gasteiger partial charge in [-0.15, -0.1) is 12.4 Å². The summed E-state index contributed by atoms with van der Waals surface area (Å²) in [5.41, 5.74) is 0. The van der Waals surface area contributed by atoms with E-state index in [1.807, 2.05) is 30.3 Å². The molecule has 1 aliphatic rings. The number of hydrogen-bond donors (Lipinski definition) is 2. The summed E-state index contributed by atoms with van der Waals surface area (Å²) in [4.78, 5) is 11.9. The van der Waals surface area contributed by atoms with Crippen molar-refractivity contribution in [3.05, 3.63) is 30.3 Å². The molecule has 1 aliphatic heterocycles. The zero-order chi connectivity index (χ0) is 14.2. The molecule has 1 aromatic rings. The van der Waals surface area contributed by atoms with E-state index < -0.39 is 0 Å². The van der Waals surface area contributed by atoms with Crippen LogP contribution in [-0.2, 0) is 4.79 Å². The van der Waals surface area contributed by atoms with Crippen LogP contribution >= 0.6 is 12.4 Å². The molecule has 5 heteroatoms. The first kappa shape index (κ1) is 17.8. The summed E-state index contributed by atoms with van der Waals surface area (Å²) in [6.45, 7) is 4.71. The van der Waals surface area contributed by atoms with Gasteiger partial charge in [0, 0.05) is 19.0 Å². The van der Waals surface area contributed by atoms with Gasteiger partial charge in [0.2, 0.25) is 5.91 Å². The Morgan fingerprint density at radius 1 is 1.38 bits per heavy atom. The fraction of sp³-hybridized carbons (Fsp3) is 0.562. The molecule has 0 radical (unpaired) electrons. The summed E-state index contributed by atoms with van der Waals surface area (Å²) in [6.07, 6.45) is 2.40. The minimum atomic E-state index is 0. The molecular weight excluding hydrogens is 288 g/mol. The molecule has 0 bridgehead atoms. The Morgan fingerprint density at radius 3 is 2.86 bits per heavy atom. The Bertz CT molecular complexity index is 414. The van der Waals surface area contributed by atoms with Crippen LogP contribution in [0, 0.1) is 5.92 Å². The fourth-order valence-electron chi connectivity index (χ4n) is 2.40. The molecule has 1 fully saturated rings. The van der Waals surface area contributed by atoms with Crippen molar-refractivity contribution < 1.29 is 9.53 Å². The van der Waals surface area contributed by atoms with Crippen molar-refractivity contribution in [3.8, 4) is 5.75 Å². The average Bonchev–Trinajstić information content (AvgIpc) is 2.47. The molecule has 0 saturated carbocycles. The lowest BCUT2D eigenvalue weighted by atomic mass is 9.95. The summed E-state index contributed by atoms with van der Waals surface area (Å²) < 4.78 is 5.58. The standard InChI is InChI=1S/C16H24N2O2.ClH/c1-13-9-10-17-12-15(13)18-16(19)8-5-11-20-14-6-3-2-4-7-14;/h2-4,6-7,13,15,17H,5,8-12H2,1H3,(H,18,19);1H. The monoisotopic (exact) mass is 312 g/mol. The van der Waals surface area contributed by atoms with Crippen molar-refractivity contribution in [1.29, 1.82) is 0 Å². The van der Waals surface area contributed by atoms with Gasteiger partial charge in [0.25, 0.3) is 0 Å². The second-order valence-electron chi connectivity index (χ2n) is 5.41. The van der Waals surface area contributed by atoms with Gasteiger partial charge in [0.1, 0.15) is 5.75 Å². The van der Waals surface area contributed by atoms with Crippen LogP contribution in [0.2, 0.25) is 0 Å². The highest BCUT2D eigenvalue weighted by molar-refractivity contribution is 5.85. The Labute approximate surface area is 133 Å². The SMILES string of the molecule is CC1CCNCC1NC(=O)CCCOc1ccccc1.Cl. The zero-order valence-corrected chi connectivity index (χ0v) is 13.3. The van der Waals surface area contributed by atoms with Gasteiger partial charge in [0.15, 0.2) is 0 Å². The van der Waals surface area contributed by atoms with E-state index in [1.54, 1.807) is 0 Å². The minimum Gasteiger partial charge on any atom is -0.494 e. The molecule has 1 aromatic carbocycles. The highest BCUT2D eigenvalue weighted by Gasteiger charge is 2.22. The van der Waals surface area contributed by atoms with E-state index in [-0.39, 0.29) is 24.4 Å². The van der Waals surface area contributed by atoms with Crippen molar-refractivity contribution >= 4 is 18.3 Å². The predicted octanol–water partition coefficient (Wildman–Crippen LogP) is 2.38. The van der Waals surface area contributed by atoms with E-state index in [1.165, 1.54) is 0 Å². The van der Waals surface area contributed by atoms with Gasteiger partial charge in [-0.25, -0.2) is 0 Å². The van der Waals surface area contributed by atoms with Crippen molar-refractivity contribution in [2.24, 2.45) is 5.92 Å². The van der Waals surface area contributed by atoms with Crippen LogP contribution in [0.1, 0.15) is 26.2 Å². The lowest BCUT2D eigenvalue weighted by molar-refractivity contribution is -0.122. The molecule has 118 valence electrons. The highest BCUT2D eigenvalue weighted by atomic mass is 35.5. The minimum absolute atomic E-state index is 0. The molecule has 4 nitrogen and oxygen atoms in total. The Morgan fingerprint density at radius 2 is 2.14 bits per heavy atom. The summed E-state index contributed by atoms with van der Waals surface area (Å²) in [6, 6.07) is 9.97. The van der Waals surface area contributed by atoms with Crippen molar-refractivity contribution in [3.63, 3.8) is 0 Å². The molecule has 1 heterocycles. The molecule has 0 spiro atoms. The maximum atomic E-state index is 11.9. The lowest BCUT2D eigenvalue weighted by Crippen LogP contribution is -2.50. The van der Waals surface area contributed by atoms with E-state index in [0.29, 0.717) is 18.9 Å². The number of carbonyl (C=O) groups is 1. The summed E-state index contributed by atoms with van der Waals surface area (Å²) in [7, 11) is 0. The van der Waals surface area contributed by atoms with Gasteiger partial charge in [-0.1, -0.05) is 25.1 Å². The highest BCUT2D eigenvalue weighted by Crippen LogP contribution is 2.12. The second kappa shape index (κ2) is 9.64. The van der Waals surface area contributed by atoms with E-state index in [2.05, 4.69) is 17.6 Å². The number of nitrogens with one attached hydrogen (secondary N) is 2. The number of benzene rings is 1. The van der Waals surface area contributed by atoms with Gasteiger partial charge in [0.05, 0.1) is 6.61 Å². The first-order valence-corrected chi connectivity index (χ1v) is 7.43. The molecule has 0 aromatic heterocycles. The molecule has 0 aliphatic carbocycles. The van der Waals surface area contributed by atoms with E-state index in [9.17, 15) is 4.79 Å². The van der Waals surface area contributed by atoms with Crippen LogP contribution in [0.5, 0.6) is 5.75 Å². The molecule has 2 rings (SSSR count). The van der Waals surface area contributed by atoms with Gasteiger partial charge in [-0.05, 0) is 37.4 Å². The van der Waals surface area contributed by atoms with Crippen molar-refractivity contribution in [2.45, 2.75) is 32.2 Å². The van der Waals surface area contributed by atoms with Crippen LogP contribution in [0.4, 0.5) is 0 Å². The zero-order valence-electron chi connectivity index (χ0n) is 12.5. The fourth-order valence-corrected chi connectivity index (χ4v) is 2.40. The maximum Gasteiger partial charge on any atom is 0.220 e. The van der Waals surface area contributed by atoms with E-state index in [0.717, 1.165) is 31.7 Å². The molecule has 2 unspecified atom stereocenters. The maximum absolute atomic E-state index is 11.9. The Kier molecular flexibility index (Phi) is 8.16. The van der Waals surface area contributed by atoms with E-state index >= 15 is 0 Å². The molecule has 21 heavy (non-hydrogen) atoms. The van der Waals surface area contributed by atoms with Gasteiger partial charge in [-0.3, -0.25) is 4.79 Å². The predicted molar refractivity (Wildman–Crippen MR) is 87.0 cm³/mol. The molecular formula is C16H25ClN2O2. The summed E-state index contributed by atoms with van der Waals surface area (Å²) in [5, 5.41) is 6.43. The number of para-hydroxylation sites is 1.